The van der Waals surface area contributed by atoms with E-state index in [0.29, 0.717) is 12.1 Å². The molecule has 0 bridgehead atoms. The number of hydrogen-bond acceptors (Lipinski definition) is 3. The number of carbonyl (C=O) groups excluding carboxylic acids is 1. The van der Waals surface area contributed by atoms with Crippen molar-refractivity contribution >= 4 is 12.2 Å². The lowest BCUT2D eigenvalue weighted by Crippen LogP contribution is -2.24. The van der Waals surface area contributed by atoms with Gasteiger partial charge in [-0.2, -0.15) is 0 Å². The van der Waals surface area contributed by atoms with Crippen molar-refractivity contribution in [1.82, 2.24) is 10.3 Å². The fourth-order valence-electron chi connectivity index (χ4n) is 1.63. The number of halogens is 1. The number of aromatic nitrogens is 1. The van der Waals surface area contributed by atoms with Crippen molar-refractivity contribution in [3.63, 3.8) is 0 Å². The van der Waals surface area contributed by atoms with Gasteiger partial charge in [0.2, 0.25) is 0 Å². The molecule has 1 amide bonds. The van der Waals surface area contributed by atoms with Crippen LogP contribution >= 0.6 is 0 Å². The van der Waals surface area contributed by atoms with Gasteiger partial charge in [-0.1, -0.05) is 42.5 Å². The summed E-state index contributed by atoms with van der Waals surface area (Å²) in [6.45, 7) is 0.522. The monoisotopic (exact) mass is 286 g/mol. The Balaban J connectivity index is 1.69. The Kier molecular flexibility index (Phi) is 5.46. The third-order valence-corrected chi connectivity index (χ3v) is 2.61. The molecule has 0 unspecified atom stereocenters. The van der Waals surface area contributed by atoms with E-state index in [9.17, 15) is 9.18 Å². The number of ether oxygens (including phenoxy) is 1. The SMILES string of the molecule is O=C(NCC=Cc1cncc(F)c1)OCc1ccccc1. The summed E-state index contributed by atoms with van der Waals surface area (Å²) in [7, 11) is 0. The number of alkyl carbamates (subject to hydrolysis) is 1. The highest BCUT2D eigenvalue weighted by Gasteiger charge is 2.00. The average molecular weight is 286 g/mol. The van der Waals surface area contributed by atoms with Gasteiger partial charge in [0.1, 0.15) is 12.4 Å². The summed E-state index contributed by atoms with van der Waals surface area (Å²) < 4.78 is 17.9. The van der Waals surface area contributed by atoms with E-state index in [2.05, 4.69) is 10.3 Å². The van der Waals surface area contributed by atoms with E-state index in [4.69, 9.17) is 4.74 Å². The highest BCUT2D eigenvalue weighted by atomic mass is 19.1. The lowest BCUT2D eigenvalue weighted by molar-refractivity contribution is 0.141. The summed E-state index contributed by atoms with van der Waals surface area (Å²) in [4.78, 5) is 15.2. The van der Waals surface area contributed by atoms with Crippen molar-refractivity contribution in [3.05, 3.63) is 71.8 Å². The van der Waals surface area contributed by atoms with Crippen LogP contribution in [0.5, 0.6) is 0 Å². The summed E-state index contributed by atoms with van der Waals surface area (Å²) in [6, 6.07) is 10.8. The molecule has 1 aromatic heterocycles. The van der Waals surface area contributed by atoms with Crippen molar-refractivity contribution in [2.24, 2.45) is 0 Å². The van der Waals surface area contributed by atoms with E-state index in [1.54, 1.807) is 12.2 Å². The van der Waals surface area contributed by atoms with Crippen LogP contribution in [0.15, 0.2) is 54.9 Å². The summed E-state index contributed by atoms with van der Waals surface area (Å²) >= 11 is 0. The van der Waals surface area contributed by atoms with Gasteiger partial charge in [0.15, 0.2) is 0 Å². The molecule has 1 aromatic carbocycles. The van der Waals surface area contributed by atoms with Crippen molar-refractivity contribution in [3.8, 4) is 0 Å². The number of rotatable bonds is 5. The number of benzene rings is 1. The molecule has 0 atom stereocenters. The van der Waals surface area contributed by atoms with Gasteiger partial charge in [-0.05, 0) is 17.2 Å². The van der Waals surface area contributed by atoms with Crippen LogP contribution in [0.2, 0.25) is 0 Å². The molecular weight excluding hydrogens is 271 g/mol. The molecule has 108 valence electrons. The Hall–Kier alpha value is -2.69. The van der Waals surface area contributed by atoms with E-state index in [0.717, 1.165) is 11.8 Å². The van der Waals surface area contributed by atoms with Gasteiger partial charge >= 0.3 is 6.09 Å². The zero-order valence-corrected chi connectivity index (χ0v) is 11.3. The minimum atomic E-state index is -0.499. The maximum atomic E-state index is 12.9. The summed E-state index contributed by atoms with van der Waals surface area (Å²) in [5, 5.41) is 2.58. The molecule has 0 aliphatic heterocycles. The molecule has 0 fully saturated rings. The zero-order chi connectivity index (χ0) is 14.9. The molecule has 0 aliphatic carbocycles. The number of pyridine rings is 1. The van der Waals surface area contributed by atoms with Gasteiger partial charge in [-0.15, -0.1) is 0 Å². The van der Waals surface area contributed by atoms with Gasteiger partial charge in [0.05, 0.1) is 6.20 Å². The molecule has 0 radical (unpaired) electrons. The molecule has 2 rings (SSSR count). The Labute approximate surface area is 122 Å². The first-order valence-electron chi connectivity index (χ1n) is 6.46. The second-order valence-corrected chi connectivity index (χ2v) is 4.28. The van der Waals surface area contributed by atoms with Gasteiger partial charge in [-0.25, -0.2) is 9.18 Å². The van der Waals surface area contributed by atoms with E-state index >= 15 is 0 Å². The van der Waals surface area contributed by atoms with E-state index in [-0.39, 0.29) is 6.61 Å². The van der Waals surface area contributed by atoms with Crippen molar-refractivity contribution in [2.75, 3.05) is 6.54 Å². The first-order chi connectivity index (χ1) is 10.2. The lowest BCUT2D eigenvalue weighted by Gasteiger charge is -2.05. The van der Waals surface area contributed by atoms with Gasteiger partial charge in [0, 0.05) is 12.7 Å². The number of amides is 1. The topological polar surface area (TPSA) is 51.2 Å². The largest absolute Gasteiger partial charge is 0.445 e. The summed E-state index contributed by atoms with van der Waals surface area (Å²) in [5.41, 5.74) is 1.56. The van der Waals surface area contributed by atoms with Gasteiger partial charge in [0.25, 0.3) is 0 Å². The van der Waals surface area contributed by atoms with E-state index in [1.807, 2.05) is 30.3 Å². The highest BCUT2D eigenvalue weighted by Crippen LogP contribution is 2.03. The first kappa shape index (κ1) is 14.7. The minimum Gasteiger partial charge on any atom is -0.445 e. The number of carbonyl (C=O) groups is 1. The minimum absolute atomic E-state index is 0.226. The maximum Gasteiger partial charge on any atom is 0.407 e. The second-order valence-electron chi connectivity index (χ2n) is 4.28. The van der Waals surface area contributed by atoms with Gasteiger partial charge < -0.3 is 10.1 Å². The molecule has 5 heteroatoms. The average Bonchev–Trinajstić information content (AvgIpc) is 2.51. The Morgan fingerprint density at radius 3 is 2.86 bits per heavy atom. The van der Waals surface area contributed by atoms with Crippen LogP contribution in [0.25, 0.3) is 6.08 Å². The third kappa shape index (κ3) is 5.44. The number of nitrogens with one attached hydrogen (secondary N) is 1. The third-order valence-electron chi connectivity index (χ3n) is 2.61. The molecule has 4 nitrogen and oxygen atoms in total. The van der Waals surface area contributed by atoms with E-state index < -0.39 is 11.9 Å². The second kappa shape index (κ2) is 7.79. The van der Waals surface area contributed by atoms with Crippen LogP contribution in [-0.2, 0) is 11.3 Å². The first-order valence-corrected chi connectivity index (χ1v) is 6.46. The smallest absolute Gasteiger partial charge is 0.407 e. The van der Waals surface area contributed by atoms with Crippen molar-refractivity contribution in [1.29, 1.82) is 0 Å². The quantitative estimate of drug-likeness (QED) is 0.918. The number of nitrogens with zero attached hydrogens (tertiary/aromatic N) is 1. The molecule has 0 saturated heterocycles. The molecule has 0 aliphatic rings. The zero-order valence-electron chi connectivity index (χ0n) is 11.3. The fraction of sp³-hybridized carbons (Fsp3) is 0.125. The van der Waals surface area contributed by atoms with E-state index in [1.165, 1.54) is 12.3 Å². The molecule has 0 saturated carbocycles. The lowest BCUT2D eigenvalue weighted by atomic mass is 10.2. The van der Waals surface area contributed by atoms with Crippen LogP contribution in [0.1, 0.15) is 11.1 Å². The molecule has 21 heavy (non-hydrogen) atoms. The van der Waals surface area contributed by atoms with Crippen LogP contribution in [0, 0.1) is 5.82 Å². The Morgan fingerprint density at radius 1 is 1.29 bits per heavy atom. The normalized spacial score (nSPS) is 10.5. The summed E-state index contributed by atoms with van der Waals surface area (Å²) in [5.74, 6) is -0.396. The fourth-order valence-corrected chi connectivity index (χ4v) is 1.63. The van der Waals surface area contributed by atoms with Crippen molar-refractivity contribution in [2.45, 2.75) is 6.61 Å². The maximum absolute atomic E-state index is 12.9. The standard InChI is InChI=1S/C16H15FN2O2/c17-15-9-14(10-18-11-15)7-4-8-19-16(20)21-12-13-5-2-1-3-6-13/h1-7,9-11H,8,12H2,(H,19,20). The van der Waals surface area contributed by atoms with Crippen LogP contribution < -0.4 is 5.32 Å². The van der Waals surface area contributed by atoms with Gasteiger partial charge in [-0.3, -0.25) is 4.98 Å². The summed E-state index contributed by atoms with van der Waals surface area (Å²) in [6.07, 6.45) is 5.54. The van der Waals surface area contributed by atoms with Crippen LogP contribution in [-0.4, -0.2) is 17.6 Å². The highest BCUT2D eigenvalue weighted by molar-refractivity contribution is 5.67. The molecular formula is C16H15FN2O2. The van der Waals surface area contributed by atoms with Crippen molar-refractivity contribution < 1.29 is 13.9 Å². The van der Waals surface area contributed by atoms with Crippen LogP contribution in [0.3, 0.4) is 0 Å². The van der Waals surface area contributed by atoms with Crippen LogP contribution in [0.4, 0.5) is 9.18 Å². The number of hydrogen-bond donors (Lipinski definition) is 1. The Bertz CT molecular complexity index is 615. The predicted molar refractivity (Wildman–Crippen MR) is 77.9 cm³/mol. The molecule has 0 spiro atoms. The molecule has 2 aromatic rings. The Morgan fingerprint density at radius 2 is 2.10 bits per heavy atom. The molecule has 1 heterocycles. The molecule has 1 N–H and O–H groups in total. The predicted octanol–water partition coefficient (Wildman–Crippen LogP) is 3.16.